The van der Waals surface area contributed by atoms with Crippen molar-refractivity contribution in [3.63, 3.8) is 0 Å². The highest BCUT2D eigenvalue weighted by Gasteiger charge is 2.55. The van der Waals surface area contributed by atoms with Crippen LogP contribution in [-0.4, -0.2) is 29.6 Å². The van der Waals surface area contributed by atoms with Crippen molar-refractivity contribution < 1.29 is 4.79 Å². The molecule has 3 heteroatoms. The second kappa shape index (κ2) is 4.71. The molecule has 0 aromatic carbocycles. The van der Waals surface area contributed by atoms with Crippen LogP contribution in [0, 0.1) is 29.1 Å². The lowest BCUT2D eigenvalue weighted by molar-refractivity contribution is -0.141. The molecule has 5 fully saturated rings. The van der Waals surface area contributed by atoms with Crippen LogP contribution in [0.3, 0.4) is 0 Å². The van der Waals surface area contributed by atoms with Gasteiger partial charge in [-0.15, -0.1) is 0 Å². The molecule has 4 aliphatic carbocycles. The van der Waals surface area contributed by atoms with Crippen molar-refractivity contribution in [3.05, 3.63) is 0 Å². The Bertz CT molecular complexity index is 409. The SMILES string of the molecule is CC(C)C1NCN(C(C)C23CC4CC(CC(C4)C2)C3)C1=O. The molecule has 2 unspecified atom stereocenters. The van der Waals surface area contributed by atoms with E-state index in [4.69, 9.17) is 0 Å². The van der Waals surface area contributed by atoms with Crippen molar-refractivity contribution in [1.29, 1.82) is 0 Å². The smallest absolute Gasteiger partial charge is 0.241 e. The standard InChI is InChI=1S/C18H30N2O/c1-11(2)16-17(21)20(10-19-16)12(3)18-7-13-4-14(8-18)6-15(5-13)9-18/h11-16,19H,4-10H2,1-3H3. The molecule has 5 aliphatic rings. The van der Waals surface area contributed by atoms with Crippen LogP contribution in [0.15, 0.2) is 0 Å². The van der Waals surface area contributed by atoms with E-state index in [1.807, 2.05) is 0 Å². The zero-order chi connectivity index (χ0) is 14.8. The molecule has 2 atom stereocenters. The summed E-state index contributed by atoms with van der Waals surface area (Å²) in [5.41, 5.74) is 0.442. The first-order valence-electron chi connectivity index (χ1n) is 9.02. The highest BCUT2D eigenvalue weighted by atomic mass is 16.2. The highest BCUT2D eigenvalue weighted by molar-refractivity contribution is 5.84. The monoisotopic (exact) mass is 290 g/mol. The number of nitrogens with one attached hydrogen (secondary N) is 1. The van der Waals surface area contributed by atoms with Crippen LogP contribution in [0.1, 0.15) is 59.3 Å². The van der Waals surface area contributed by atoms with Gasteiger partial charge in [0.15, 0.2) is 0 Å². The number of hydrogen-bond donors (Lipinski definition) is 1. The predicted octanol–water partition coefficient (Wildman–Crippen LogP) is 3.01. The summed E-state index contributed by atoms with van der Waals surface area (Å²) in [4.78, 5) is 14.9. The Morgan fingerprint density at radius 2 is 1.57 bits per heavy atom. The van der Waals surface area contributed by atoms with Gasteiger partial charge in [-0.1, -0.05) is 13.8 Å². The minimum atomic E-state index is 0.0429. The topological polar surface area (TPSA) is 32.3 Å². The summed E-state index contributed by atoms with van der Waals surface area (Å²) in [6, 6.07) is 0.469. The first-order valence-corrected chi connectivity index (χ1v) is 9.02. The van der Waals surface area contributed by atoms with Gasteiger partial charge in [0, 0.05) is 6.04 Å². The van der Waals surface area contributed by atoms with Gasteiger partial charge >= 0.3 is 0 Å². The third-order valence-corrected chi connectivity index (χ3v) is 7.14. The molecule has 1 amide bonds. The Hall–Kier alpha value is -0.570. The summed E-state index contributed by atoms with van der Waals surface area (Å²) in [5.74, 6) is 3.64. The Morgan fingerprint density at radius 1 is 1.05 bits per heavy atom. The zero-order valence-electron chi connectivity index (χ0n) is 13.8. The Kier molecular flexibility index (Phi) is 3.15. The van der Waals surface area contributed by atoms with Crippen molar-refractivity contribution in [2.45, 2.75) is 71.4 Å². The molecule has 1 N–H and O–H groups in total. The van der Waals surface area contributed by atoms with Crippen LogP contribution < -0.4 is 5.32 Å². The summed E-state index contributed by atoms with van der Waals surface area (Å²) in [6.07, 6.45) is 8.59. The molecule has 0 radical (unpaired) electrons. The third kappa shape index (κ3) is 2.07. The molecular formula is C18H30N2O. The maximum atomic E-state index is 12.7. The van der Waals surface area contributed by atoms with E-state index in [2.05, 4.69) is 31.0 Å². The van der Waals surface area contributed by atoms with Crippen LogP contribution in [0.4, 0.5) is 0 Å². The molecule has 0 aromatic rings. The lowest BCUT2D eigenvalue weighted by Gasteiger charge is -2.60. The van der Waals surface area contributed by atoms with E-state index >= 15 is 0 Å². The Balaban J connectivity index is 1.55. The van der Waals surface area contributed by atoms with E-state index in [-0.39, 0.29) is 6.04 Å². The average molecular weight is 290 g/mol. The molecule has 4 saturated carbocycles. The normalized spacial score (nSPS) is 46.7. The Labute approximate surface area is 128 Å². The van der Waals surface area contributed by atoms with Crippen molar-refractivity contribution in [2.75, 3.05) is 6.67 Å². The third-order valence-electron chi connectivity index (χ3n) is 7.14. The molecule has 1 heterocycles. The number of carbonyl (C=O) groups is 1. The van der Waals surface area contributed by atoms with Crippen LogP contribution in [0.5, 0.6) is 0 Å². The molecule has 3 nitrogen and oxygen atoms in total. The van der Waals surface area contributed by atoms with Crippen LogP contribution >= 0.6 is 0 Å². The van der Waals surface area contributed by atoms with Gasteiger partial charge in [0.05, 0.1) is 12.7 Å². The van der Waals surface area contributed by atoms with Crippen molar-refractivity contribution >= 4 is 5.91 Å². The predicted molar refractivity (Wildman–Crippen MR) is 83.5 cm³/mol. The van der Waals surface area contributed by atoms with Gasteiger partial charge in [-0.25, -0.2) is 0 Å². The zero-order valence-corrected chi connectivity index (χ0v) is 13.8. The van der Waals surface area contributed by atoms with Crippen molar-refractivity contribution in [1.82, 2.24) is 10.2 Å². The molecule has 0 spiro atoms. The summed E-state index contributed by atoms with van der Waals surface area (Å²) in [7, 11) is 0. The summed E-state index contributed by atoms with van der Waals surface area (Å²) in [6.45, 7) is 7.41. The van der Waals surface area contributed by atoms with Gasteiger partial charge in [-0.05, 0) is 74.5 Å². The lowest BCUT2D eigenvalue weighted by atomic mass is 9.47. The van der Waals surface area contributed by atoms with Crippen LogP contribution in [0.2, 0.25) is 0 Å². The maximum Gasteiger partial charge on any atom is 0.241 e. The lowest BCUT2D eigenvalue weighted by Crippen LogP contribution is -2.56. The van der Waals surface area contributed by atoms with E-state index < -0.39 is 0 Å². The van der Waals surface area contributed by atoms with Gasteiger partial charge in [-0.3, -0.25) is 10.1 Å². The van der Waals surface area contributed by atoms with Crippen LogP contribution in [0.25, 0.3) is 0 Å². The summed E-state index contributed by atoms with van der Waals surface area (Å²) < 4.78 is 0. The van der Waals surface area contributed by atoms with E-state index in [9.17, 15) is 4.79 Å². The molecule has 1 saturated heterocycles. The van der Waals surface area contributed by atoms with Gasteiger partial charge in [-0.2, -0.15) is 0 Å². The second-order valence-corrected chi connectivity index (χ2v) is 8.85. The summed E-state index contributed by atoms with van der Waals surface area (Å²) in [5, 5.41) is 3.45. The van der Waals surface area contributed by atoms with E-state index in [1.54, 1.807) is 0 Å². The van der Waals surface area contributed by atoms with E-state index in [0.29, 0.717) is 23.3 Å². The number of amides is 1. The maximum absolute atomic E-state index is 12.7. The minimum absolute atomic E-state index is 0.0429. The first kappa shape index (κ1) is 14.0. The second-order valence-electron chi connectivity index (χ2n) is 8.85. The first-order chi connectivity index (χ1) is 9.98. The Morgan fingerprint density at radius 3 is 2.00 bits per heavy atom. The minimum Gasteiger partial charge on any atom is -0.325 e. The molecule has 5 rings (SSSR count). The average Bonchev–Trinajstić information content (AvgIpc) is 2.78. The van der Waals surface area contributed by atoms with Gasteiger partial charge in [0.1, 0.15) is 0 Å². The molecule has 0 aromatic heterocycles. The molecule has 4 bridgehead atoms. The fourth-order valence-electron chi connectivity index (χ4n) is 6.41. The molecule has 118 valence electrons. The van der Waals surface area contributed by atoms with Crippen molar-refractivity contribution in [2.24, 2.45) is 29.1 Å². The molecule has 1 aliphatic heterocycles. The highest BCUT2D eigenvalue weighted by Crippen LogP contribution is 2.62. The van der Waals surface area contributed by atoms with Gasteiger partial charge < -0.3 is 4.90 Å². The summed E-state index contributed by atoms with van der Waals surface area (Å²) >= 11 is 0. The number of carbonyl (C=O) groups excluding carboxylic acids is 1. The van der Waals surface area contributed by atoms with E-state index in [0.717, 1.165) is 24.4 Å². The van der Waals surface area contributed by atoms with Crippen molar-refractivity contribution in [3.8, 4) is 0 Å². The molecular weight excluding hydrogens is 260 g/mol. The molecule has 21 heavy (non-hydrogen) atoms. The van der Waals surface area contributed by atoms with Gasteiger partial charge in [0.25, 0.3) is 0 Å². The fraction of sp³-hybridized carbons (Fsp3) is 0.944. The number of hydrogen-bond acceptors (Lipinski definition) is 2. The number of rotatable bonds is 3. The fourth-order valence-corrected chi connectivity index (χ4v) is 6.41. The van der Waals surface area contributed by atoms with Crippen LogP contribution in [-0.2, 0) is 4.79 Å². The van der Waals surface area contributed by atoms with Gasteiger partial charge in [0.2, 0.25) is 5.91 Å². The largest absolute Gasteiger partial charge is 0.325 e. The number of nitrogens with zero attached hydrogens (tertiary/aromatic N) is 1. The quantitative estimate of drug-likeness (QED) is 0.866. The van der Waals surface area contributed by atoms with E-state index in [1.165, 1.54) is 38.5 Å².